The molecule has 0 saturated carbocycles. The summed E-state index contributed by atoms with van der Waals surface area (Å²) < 4.78 is 0. The number of nitrogens with one attached hydrogen (secondary N) is 1. The Balaban J connectivity index is 2.49. The van der Waals surface area contributed by atoms with E-state index in [-0.39, 0.29) is 0 Å². The Morgan fingerprint density at radius 2 is 1.81 bits per heavy atom. The van der Waals surface area contributed by atoms with Crippen molar-refractivity contribution in [2.24, 2.45) is 5.73 Å². The Morgan fingerprint density at radius 1 is 1.14 bits per heavy atom. The molecule has 21 heavy (non-hydrogen) atoms. The largest absolute Gasteiger partial charge is 0.396 e. The lowest BCUT2D eigenvalue weighted by atomic mass is 9.98. The zero-order chi connectivity index (χ0) is 15.6. The third kappa shape index (κ3) is 2.99. The Labute approximate surface area is 125 Å². The van der Waals surface area contributed by atoms with Gasteiger partial charge in [0, 0.05) is 5.69 Å². The Kier molecular flexibility index (Phi) is 4.17. The molecule has 0 aliphatic carbocycles. The van der Waals surface area contributed by atoms with Crippen LogP contribution in [0.15, 0.2) is 36.4 Å². The number of carbonyl (C=O) groups is 1. The number of amides is 1. The van der Waals surface area contributed by atoms with Gasteiger partial charge in [-0.25, -0.2) is 0 Å². The molecule has 0 fully saturated rings. The second-order valence-corrected chi connectivity index (χ2v) is 5.45. The minimum Gasteiger partial charge on any atom is -0.396 e. The zero-order valence-electron chi connectivity index (χ0n) is 12.6. The van der Waals surface area contributed by atoms with Crippen LogP contribution in [0.25, 0.3) is 0 Å². The number of nitrogens with two attached hydrogens (primary N) is 2. The van der Waals surface area contributed by atoms with Gasteiger partial charge in [-0.3, -0.25) is 4.79 Å². The standard InChI is InChI=1S/C17H21N3O/c1-10(2)12-7-4-6-11(3)16(12)20-14-9-5-8-13(15(14)18)17(19)21/h4-10,20H,18H2,1-3H3,(H2,19,21). The van der Waals surface area contributed by atoms with Crippen molar-refractivity contribution in [2.45, 2.75) is 26.7 Å². The summed E-state index contributed by atoms with van der Waals surface area (Å²) in [4.78, 5) is 11.4. The van der Waals surface area contributed by atoms with Crippen LogP contribution in [0, 0.1) is 6.92 Å². The molecule has 0 atom stereocenters. The average Bonchev–Trinajstić information content (AvgIpc) is 2.42. The Bertz CT molecular complexity index is 678. The van der Waals surface area contributed by atoms with Crippen molar-refractivity contribution in [3.05, 3.63) is 53.1 Å². The lowest BCUT2D eigenvalue weighted by Crippen LogP contribution is -2.14. The van der Waals surface area contributed by atoms with Crippen LogP contribution >= 0.6 is 0 Å². The van der Waals surface area contributed by atoms with E-state index >= 15 is 0 Å². The molecule has 2 rings (SSSR count). The smallest absolute Gasteiger partial charge is 0.250 e. The summed E-state index contributed by atoms with van der Waals surface area (Å²) in [6.45, 7) is 6.33. The van der Waals surface area contributed by atoms with Gasteiger partial charge in [-0.2, -0.15) is 0 Å². The fourth-order valence-corrected chi connectivity index (χ4v) is 2.37. The first-order chi connectivity index (χ1) is 9.91. The first kappa shape index (κ1) is 14.9. The molecule has 0 aliphatic heterocycles. The van der Waals surface area contributed by atoms with Gasteiger partial charge in [0.25, 0.3) is 5.91 Å². The number of nitrogen functional groups attached to an aromatic ring is 1. The normalized spacial score (nSPS) is 10.7. The number of primary amides is 1. The molecule has 0 radical (unpaired) electrons. The van der Waals surface area contributed by atoms with Gasteiger partial charge >= 0.3 is 0 Å². The van der Waals surface area contributed by atoms with Crippen molar-refractivity contribution in [1.82, 2.24) is 0 Å². The molecular weight excluding hydrogens is 262 g/mol. The highest BCUT2D eigenvalue weighted by Crippen LogP contribution is 2.33. The monoisotopic (exact) mass is 283 g/mol. The number of rotatable bonds is 4. The highest BCUT2D eigenvalue weighted by molar-refractivity contribution is 6.01. The van der Waals surface area contributed by atoms with E-state index in [1.165, 1.54) is 5.56 Å². The fraction of sp³-hybridized carbons (Fsp3) is 0.235. The van der Waals surface area contributed by atoms with Gasteiger partial charge in [0.1, 0.15) is 0 Å². The molecule has 0 aromatic heterocycles. The molecule has 2 aromatic carbocycles. The molecule has 4 heteroatoms. The van der Waals surface area contributed by atoms with E-state index in [0.717, 1.165) is 11.3 Å². The van der Waals surface area contributed by atoms with Crippen molar-refractivity contribution in [3.8, 4) is 0 Å². The molecule has 0 bridgehead atoms. The number of carbonyl (C=O) groups excluding carboxylic acids is 1. The number of para-hydroxylation sites is 2. The van der Waals surface area contributed by atoms with Crippen LogP contribution in [0.5, 0.6) is 0 Å². The van der Waals surface area contributed by atoms with E-state index in [9.17, 15) is 4.79 Å². The van der Waals surface area contributed by atoms with Crippen LogP contribution in [0.4, 0.5) is 17.1 Å². The first-order valence-electron chi connectivity index (χ1n) is 6.96. The average molecular weight is 283 g/mol. The fourth-order valence-electron chi connectivity index (χ4n) is 2.37. The van der Waals surface area contributed by atoms with E-state index in [4.69, 9.17) is 11.5 Å². The Morgan fingerprint density at radius 3 is 2.43 bits per heavy atom. The topological polar surface area (TPSA) is 81.1 Å². The van der Waals surface area contributed by atoms with Crippen molar-refractivity contribution in [1.29, 1.82) is 0 Å². The first-order valence-corrected chi connectivity index (χ1v) is 6.96. The predicted octanol–water partition coefficient (Wildman–Crippen LogP) is 3.54. The summed E-state index contributed by atoms with van der Waals surface area (Å²) in [6, 6.07) is 11.4. The van der Waals surface area contributed by atoms with Crippen molar-refractivity contribution in [2.75, 3.05) is 11.1 Å². The van der Waals surface area contributed by atoms with Gasteiger partial charge in [-0.1, -0.05) is 38.1 Å². The van der Waals surface area contributed by atoms with Crippen molar-refractivity contribution in [3.63, 3.8) is 0 Å². The molecule has 0 unspecified atom stereocenters. The van der Waals surface area contributed by atoms with Gasteiger partial charge in [0.05, 0.1) is 16.9 Å². The van der Waals surface area contributed by atoms with Crippen LogP contribution in [0.1, 0.15) is 41.3 Å². The van der Waals surface area contributed by atoms with E-state index < -0.39 is 5.91 Å². The van der Waals surface area contributed by atoms with E-state index in [1.54, 1.807) is 12.1 Å². The number of anilines is 3. The molecule has 0 spiro atoms. The third-order valence-electron chi connectivity index (χ3n) is 3.56. The maximum absolute atomic E-state index is 11.4. The van der Waals surface area contributed by atoms with Crippen molar-refractivity contribution < 1.29 is 4.79 Å². The second kappa shape index (κ2) is 5.87. The molecule has 0 heterocycles. The van der Waals surface area contributed by atoms with Gasteiger partial charge < -0.3 is 16.8 Å². The lowest BCUT2D eigenvalue weighted by molar-refractivity contribution is 0.100. The summed E-state index contributed by atoms with van der Waals surface area (Å²) in [5.74, 6) is -0.141. The van der Waals surface area contributed by atoms with Gasteiger partial charge in [0.2, 0.25) is 0 Å². The summed E-state index contributed by atoms with van der Waals surface area (Å²) >= 11 is 0. The predicted molar refractivity (Wildman–Crippen MR) is 87.9 cm³/mol. The molecule has 0 aliphatic rings. The molecule has 2 aromatic rings. The third-order valence-corrected chi connectivity index (χ3v) is 3.56. The van der Waals surface area contributed by atoms with Crippen molar-refractivity contribution >= 4 is 23.0 Å². The van der Waals surface area contributed by atoms with Crippen LogP contribution < -0.4 is 16.8 Å². The van der Waals surface area contributed by atoms with E-state index in [0.29, 0.717) is 22.9 Å². The second-order valence-electron chi connectivity index (χ2n) is 5.45. The lowest BCUT2D eigenvalue weighted by Gasteiger charge is -2.19. The van der Waals surface area contributed by atoms with Gasteiger partial charge in [0.15, 0.2) is 0 Å². The molecule has 0 saturated heterocycles. The van der Waals surface area contributed by atoms with Crippen LogP contribution in [-0.4, -0.2) is 5.91 Å². The Hall–Kier alpha value is -2.49. The number of hydrogen-bond acceptors (Lipinski definition) is 3. The van der Waals surface area contributed by atoms with E-state index in [2.05, 4.69) is 25.2 Å². The van der Waals surface area contributed by atoms with Gasteiger partial charge in [-0.05, 0) is 36.1 Å². The maximum atomic E-state index is 11.4. The number of aryl methyl sites for hydroxylation is 1. The SMILES string of the molecule is Cc1cccc(C(C)C)c1Nc1cccc(C(N)=O)c1N. The number of benzene rings is 2. The summed E-state index contributed by atoms with van der Waals surface area (Å²) in [5, 5.41) is 3.35. The van der Waals surface area contributed by atoms with Crippen LogP contribution in [0.2, 0.25) is 0 Å². The molecule has 5 N–H and O–H groups in total. The van der Waals surface area contributed by atoms with E-state index in [1.807, 2.05) is 25.1 Å². The molecule has 1 amide bonds. The minimum absolute atomic E-state index is 0.333. The highest BCUT2D eigenvalue weighted by Gasteiger charge is 2.13. The highest BCUT2D eigenvalue weighted by atomic mass is 16.1. The molecule has 110 valence electrons. The minimum atomic E-state index is -0.523. The van der Waals surface area contributed by atoms with Crippen LogP contribution in [-0.2, 0) is 0 Å². The zero-order valence-corrected chi connectivity index (χ0v) is 12.6. The molecule has 4 nitrogen and oxygen atoms in total. The maximum Gasteiger partial charge on any atom is 0.250 e. The quantitative estimate of drug-likeness (QED) is 0.751. The van der Waals surface area contributed by atoms with Crippen LogP contribution in [0.3, 0.4) is 0 Å². The molecular formula is C17H21N3O. The summed E-state index contributed by atoms with van der Waals surface area (Å²) in [6.07, 6.45) is 0. The number of hydrogen-bond donors (Lipinski definition) is 3. The van der Waals surface area contributed by atoms with Gasteiger partial charge in [-0.15, -0.1) is 0 Å². The summed E-state index contributed by atoms with van der Waals surface area (Å²) in [7, 11) is 0. The summed E-state index contributed by atoms with van der Waals surface area (Å²) in [5.41, 5.74) is 16.2.